The fourth-order valence-electron chi connectivity index (χ4n) is 5.44. The van der Waals surface area contributed by atoms with Gasteiger partial charge in [0.2, 0.25) is 11.8 Å². The molecule has 5 N–H and O–H groups in total. The fraction of sp³-hybridized carbons (Fsp3) is 0.417. The standard InChI is InChI=1S/C36H45N5O7/c1-25-9-11-30(47-19-15-27-8-5-16-38-22-27)20-29(25)23-39-34(44)31(12-10-26-13-17-37-18-14-26)40-35(45)32(21-33(42)43)41-36(46)48-24-28-6-3-2-4-7-28/h2-4,6-7,9,11,13-14,17-18,20,27,31-32,38H,5,8,10,12,15-16,19,21-24H2,1H3,(H,39,44)(H,40,45)(H,41,46)(H,42,43). The first-order chi connectivity index (χ1) is 23.3. The number of aliphatic carboxylic acids is 1. The van der Waals surface area contributed by atoms with Crippen LogP contribution in [0, 0.1) is 12.8 Å². The Morgan fingerprint density at radius 1 is 0.979 bits per heavy atom. The maximum atomic E-state index is 13.5. The van der Waals surface area contributed by atoms with Crippen LogP contribution in [-0.2, 0) is 38.7 Å². The van der Waals surface area contributed by atoms with E-state index in [1.807, 2.05) is 43.3 Å². The second-order valence-corrected chi connectivity index (χ2v) is 12.0. The second-order valence-electron chi connectivity index (χ2n) is 12.0. The molecule has 0 saturated carbocycles. The highest BCUT2D eigenvalue weighted by molar-refractivity contribution is 5.93. The summed E-state index contributed by atoms with van der Waals surface area (Å²) in [6, 6.07) is 15.8. The third-order valence-corrected chi connectivity index (χ3v) is 8.27. The van der Waals surface area contributed by atoms with Crippen molar-refractivity contribution in [2.24, 2.45) is 5.92 Å². The van der Waals surface area contributed by atoms with Crippen molar-refractivity contribution in [1.29, 1.82) is 0 Å². The number of carbonyl (C=O) groups is 4. The number of ether oxygens (including phenoxy) is 2. The Balaban J connectivity index is 1.38. The monoisotopic (exact) mass is 659 g/mol. The van der Waals surface area contributed by atoms with Crippen molar-refractivity contribution >= 4 is 23.9 Å². The van der Waals surface area contributed by atoms with E-state index in [1.54, 1.807) is 36.7 Å². The number of benzene rings is 2. The summed E-state index contributed by atoms with van der Waals surface area (Å²) in [5, 5.41) is 20.8. The number of alkyl carbamates (subject to hydrolysis) is 1. The third-order valence-electron chi connectivity index (χ3n) is 8.27. The number of aromatic nitrogens is 1. The zero-order chi connectivity index (χ0) is 34.1. The van der Waals surface area contributed by atoms with Crippen molar-refractivity contribution in [2.45, 2.75) is 70.7 Å². The molecule has 3 atom stereocenters. The molecule has 3 aromatic rings. The highest BCUT2D eigenvalue weighted by atomic mass is 16.5. The van der Waals surface area contributed by atoms with Crippen molar-refractivity contribution in [1.82, 2.24) is 26.3 Å². The summed E-state index contributed by atoms with van der Waals surface area (Å²) in [5.74, 6) is -1.24. The van der Waals surface area contributed by atoms with Crippen molar-refractivity contribution in [3.63, 3.8) is 0 Å². The summed E-state index contributed by atoms with van der Waals surface area (Å²) in [7, 11) is 0. The van der Waals surface area contributed by atoms with E-state index in [9.17, 15) is 24.3 Å². The molecule has 1 saturated heterocycles. The van der Waals surface area contributed by atoms with Crippen LogP contribution < -0.4 is 26.0 Å². The van der Waals surface area contributed by atoms with Crippen molar-refractivity contribution < 1.29 is 33.8 Å². The van der Waals surface area contributed by atoms with Crippen LogP contribution in [0.4, 0.5) is 4.79 Å². The first-order valence-corrected chi connectivity index (χ1v) is 16.4. The number of nitrogens with zero attached hydrogens (tertiary/aromatic N) is 1. The Bertz CT molecular complexity index is 1480. The lowest BCUT2D eigenvalue weighted by molar-refractivity contribution is -0.140. The average molecular weight is 660 g/mol. The Morgan fingerprint density at radius 3 is 2.50 bits per heavy atom. The van der Waals surface area contributed by atoms with Gasteiger partial charge < -0.3 is 35.8 Å². The largest absolute Gasteiger partial charge is 0.494 e. The summed E-state index contributed by atoms with van der Waals surface area (Å²) in [6.45, 7) is 4.77. The van der Waals surface area contributed by atoms with Gasteiger partial charge in [0, 0.05) is 18.9 Å². The molecular weight excluding hydrogens is 614 g/mol. The van der Waals surface area contributed by atoms with Gasteiger partial charge in [0.05, 0.1) is 13.0 Å². The molecule has 1 aliphatic rings. The van der Waals surface area contributed by atoms with Crippen LogP contribution in [-0.4, -0.2) is 65.7 Å². The second kappa shape index (κ2) is 19.0. The number of rotatable bonds is 17. The molecule has 0 spiro atoms. The highest BCUT2D eigenvalue weighted by Crippen LogP contribution is 2.20. The number of aryl methyl sites for hydroxylation is 2. The van der Waals surface area contributed by atoms with Crippen LogP contribution >= 0.6 is 0 Å². The van der Waals surface area contributed by atoms with Crippen molar-refractivity contribution in [3.8, 4) is 5.75 Å². The zero-order valence-corrected chi connectivity index (χ0v) is 27.3. The molecule has 3 amide bonds. The molecule has 12 nitrogen and oxygen atoms in total. The molecule has 256 valence electrons. The van der Waals surface area contributed by atoms with E-state index in [-0.39, 0.29) is 19.6 Å². The van der Waals surface area contributed by atoms with E-state index in [0.29, 0.717) is 18.9 Å². The van der Waals surface area contributed by atoms with Gasteiger partial charge in [-0.1, -0.05) is 36.4 Å². The third kappa shape index (κ3) is 12.3. The van der Waals surface area contributed by atoms with Crippen molar-refractivity contribution in [2.75, 3.05) is 19.7 Å². The van der Waals surface area contributed by atoms with Gasteiger partial charge in [-0.3, -0.25) is 19.4 Å². The Labute approximate surface area is 281 Å². The summed E-state index contributed by atoms with van der Waals surface area (Å²) in [6.07, 6.45) is 5.64. The molecule has 1 aliphatic heterocycles. The number of carboxylic acids is 1. The first-order valence-electron chi connectivity index (χ1n) is 16.4. The number of amides is 3. The van der Waals surface area contributed by atoms with Gasteiger partial charge in [0.15, 0.2) is 0 Å². The van der Waals surface area contributed by atoms with Crippen LogP contribution in [0.15, 0.2) is 73.1 Å². The van der Waals surface area contributed by atoms with E-state index < -0.39 is 42.4 Å². The Hall–Kier alpha value is -4.97. The normalized spacial score (nSPS) is 15.4. The number of piperidine rings is 1. The first kappa shape index (κ1) is 35.9. The SMILES string of the molecule is Cc1ccc(OCCC2CCCNC2)cc1CNC(=O)C(CCc1ccncc1)NC(=O)C(CC(=O)O)NC(=O)OCc1ccccc1. The van der Waals surface area contributed by atoms with E-state index in [0.717, 1.165) is 47.5 Å². The number of hydrogen-bond donors (Lipinski definition) is 5. The van der Waals surface area contributed by atoms with Gasteiger partial charge in [0.25, 0.3) is 0 Å². The maximum Gasteiger partial charge on any atom is 0.408 e. The topological polar surface area (TPSA) is 168 Å². The minimum Gasteiger partial charge on any atom is -0.494 e. The number of pyridine rings is 1. The number of carbonyl (C=O) groups excluding carboxylic acids is 3. The van der Waals surface area contributed by atoms with E-state index in [2.05, 4.69) is 26.3 Å². The van der Waals surface area contributed by atoms with Crippen LogP contribution in [0.5, 0.6) is 5.75 Å². The molecular formula is C36H45N5O7. The van der Waals surface area contributed by atoms with Gasteiger partial charge in [-0.15, -0.1) is 0 Å². The van der Waals surface area contributed by atoms with E-state index >= 15 is 0 Å². The molecule has 0 radical (unpaired) electrons. The molecule has 0 aliphatic carbocycles. The van der Waals surface area contributed by atoms with E-state index in [4.69, 9.17) is 9.47 Å². The highest BCUT2D eigenvalue weighted by Gasteiger charge is 2.29. The molecule has 4 rings (SSSR count). The molecule has 3 unspecified atom stereocenters. The van der Waals surface area contributed by atoms with E-state index in [1.165, 1.54) is 12.8 Å². The van der Waals surface area contributed by atoms with Crippen LogP contribution in [0.1, 0.15) is 54.4 Å². The lowest BCUT2D eigenvalue weighted by atomic mass is 9.97. The molecule has 48 heavy (non-hydrogen) atoms. The van der Waals surface area contributed by atoms with Crippen molar-refractivity contribution in [3.05, 3.63) is 95.3 Å². The number of hydrogen-bond acceptors (Lipinski definition) is 8. The summed E-state index contributed by atoms with van der Waals surface area (Å²) >= 11 is 0. The molecule has 0 bridgehead atoms. The van der Waals surface area contributed by atoms with Gasteiger partial charge in [-0.05, 0) is 105 Å². The minimum atomic E-state index is -1.47. The van der Waals surface area contributed by atoms with Gasteiger partial charge in [0.1, 0.15) is 24.4 Å². The molecule has 1 aromatic heterocycles. The van der Waals surface area contributed by atoms with Gasteiger partial charge >= 0.3 is 12.1 Å². The Morgan fingerprint density at radius 2 is 1.77 bits per heavy atom. The molecule has 2 aromatic carbocycles. The predicted octanol–water partition coefficient (Wildman–Crippen LogP) is 3.66. The molecule has 1 fully saturated rings. The van der Waals surface area contributed by atoms with Crippen LogP contribution in [0.3, 0.4) is 0 Å². The van der Waals surface area contributed by atoms with Crippen LogP contribution in [0.2, 0.25) is 0 Å². The lowest BCUT2D eigenvalue weighted by Gasteiger charge is -2.23. The molecule has 12 heteroatoms. The average Bonchev–Trinajstić information content (AvgIpc) is 3.10. The summed E-state index contributed by atoms with van der Waals surface area (Å²) in [5.41, 5.74) is 3.47. The quantitative estimate of drug-likeness (QED) is 0.145. The smallest absolute Gasteiger partial charge is 0.408 e. The lowest BCUT2D eigenvalue weighted by Crippen LogP contribution is -2.54. The predicted molar refractivity (Wildman–Crippen MR) is 179 cm³/mol. The van der Waals surface area contributed by atoms with Gasteiger partial charge in [-0.2, -0.15) is 0 Å². The zero-order valence-electron chi connectivity index (χ0n) is 27.3. The number of carboxylic acid groups (broad SMARTS) is 1. The summed E-state index contributed by atoms with van der Waals surface area (Å²) < 4.78 is 11.2. The fourth-order valence-corrected chi connectivity index (χ4v) is 5.44. The molecule has 2 heterocycles. The number of nitrogens with one attached hydrogen (secondary N) is 4. The maximum absolute atomic E-state index is 13.5. The van der Waals surface area contributed by atoms with Gasteiger partial charge in [-0.25, -0.2) is 4.79 Å². The van der Waals surface area contributed by atoms with Crippen LogP contribution in [0.25, 0.3) is 0 Å². The Kier molecular flexibility index (Phi) is 14.2. The summed E-state index contributed by atoms with van der Waals surface area (Å²) in [4.78, 5) is 55.0. The minimum absolute atomic E-state index is 0.0608.